The lowest BCUT2D eigenvalue weighted by molar-refractivity contribution is 0.0817. The van der Waals surface area contributed by atoms with Gasteiger partial charge in [0.1, 0.15) is 5.75 Å². The molecule has 0 saturated carbocycles. The molecule has 2 rings (SSSR count). The molecule has 0 spiro atoms. The van der Waals surface area contributed by atoms with E-state index in [1.807, 2.05) is 20.8 Å². The van der Waals surface area contributed by atoms with Crippen molar-refractivity contribution in [3.8, 4) is 18.1 Å². The van der Waals surface area contributed by atoms with Gasteiger partial charge in [-0.3, -0.25) is 0 Å². The Morgan fingerprint density at radius 2 is 1.69 bits per heavy atom. The fourth-order valence-corrected chi connectivity index (χ4v) is 4.78. The Hall–Kier alpha value is -2.33. The first kappa shape index (κ1) is 23.0. The molecule has 1 N–H and O–H groups in total. The number of terminal acetylenes is 1. The van der Waals surface area contributed by atoms with Crippen LogP contribution >= 0.6 is 0 Å². The number of nitrogens with zero attached hydrogens (tertiary/aromatic N) is 1. The largest absolute Gasteiger partial charge is 0.497 e. The van der Waals surface area contributed by atoms with Crippen LogP contribution in [-0.4, -0.2) is 37.5 Å². The molecule has 2 aromatic carbocycles. The maximum Gasteiger partial charge on any atom is 0.244 e. The third kappa shape index (κ3) is 5.60. The minimum atomic E-state index is -3.88. The second kappa shape index (κ2) is 9.93. The molecule has 0 saturated heterocycles. The van der Waals surface area contributed by atoms with Crippen molar-refractivity contribution < 1.29 is 18.3 Å². The lowest BCUT2D eigenvalue weighted by atomic mass is 9.94. The quantitative estimate of drug-likeness (QED) is 0.633. The molecule has 0 fully saturated rings. The van der Waals surface area contributed by atoms with Crippen molar-refractivity contribution in [2.45, 2.75) is 44.2 Å². The topological polar surface area (TPSA) is 66.8 Å². The minimum absolute atomic E-state index is 0.124. The predicted octanol–water partition coefficient (Wildman–Crippen LogP) is 3.78. The Bertz CT molecular complexity index is 928. The summed E-state index contributed by atoms with van der Waals surface area (Å²) in [6.45, 7) is 5.74. The molecule has 0 aromatic heterocycles. The Morgan fingerprint density at radius 3 is 2.17 bits per heavy atom. The van der Waals surface area contributed by atoms with Gasteiger partial charge in [-0.2, -0.15) is 4.31 Å². The molecule has 0 bridgehead atoms. The number of rotatable bonds is 9. The van der Waals surface area contributed by atoms with Crippen molar-refractivity contribution in [2.75, 3.05) is 13.7 Å². The number of benzene rings is 2. The second-order valence-electron chi connectivity index (χ2n) is 7.48. The van der Waals surface area contributed by atoms with E-state index in [-0.39, 0.29) is 17.4 Å². The van der Waals surface area contributed by atoms with E-state index in [9.17, 15) is 13.5 Å². The molecule has 0 aliphatic heterocycles. The molecule has 0 aliphatic carbocycles. The SMILES string of the molecule is C#CCN([C@@H](CC(C)C)[C@H](O)c1ccc(OC)cc1)S(=O)(=O)c1ccc(C)cc1. The van der Waals surface area contributed by atoms with Crippen LogP contribution < -0.4 is 4.74 Å². The van der Waals surface area contributed by atoms with Crippen LogP contribution in [0.25, 0.3) is 0 Å². The average Bonchev–Trinajstić information content (AvgIpc) is 2.70. The number of aliphatic hydroxyl groups excluding tert-OH is 1. The molecule has 0 amide bonds. The van der Waals surface area contributed by atoms with Crippen LogP contribution in [0.2, 0.25) is 0 Å². The summed E-state index contributed by atoms with van der Waals surface area (Å²) in [5.74, 6) is 3.26. The molecule has 5 nitrogen and oxygen atoms in total. The zero-order valence-electron chi connectivity index (χ0n) is 17.4. The van der Waals surface area contributed by atoms with Crippen molar-refractivity contribution in [1.82, 2.24) is 4.31 Å². The normalized spacial score (nSPS) is 13.9. The van der Waals surface area contributed by atoms with E-state index in [1.54, 1.807) is 55.6 Å². The summed E-state index contributed by atoms with van der Waals surface area (Å²) < 4.78 is 33.2. The first-order valence-corrected chi connectivity index (χ1v) is 11.0. The Balaban J connectivity index is 2.49. The van der Waals surface area contributed by atoms with Crippen molar-refractivity contribution in [1.29, 1.82) is 0 Å². The minimum Gasteiger partial charge on any atom is -0.497 e. The van der Waals surface area contributed by atoms with Gasteiger partial charge >= 0.3 is 0 Å². The highest BCUT2D eigenvalue weighted by atomic mass is 32.2. The molecular weight excluding hydrogens is 386 g/mol. The van der Waals surface area contributed by atoms with Gasteiger partial charge in [-0.1, -0.05) is 49.6 Å². The molecule has 6 heteroatoms. The molecule has 0 heterocycles. The lowest BCUT2D eigenvalue weighted by Crippen LogP contribution is -2.44. The van der Waals surface area contributed by atoms with Crippen LogP contribution in [-0.2, 0) is 10.0 Å². The fraction of sp³-hybridized carbons (Fsp3) is 0.391. The molecule has 0 aliphatic rings. The Morgan fingerprint density at radius 1 is 1.10 bits per heavy atom. The van der Waals surface area contributed by atoms with Gasteiger partial charge in [-0.25, -0.2) is 8.42 Å². The third-order valence-electron chi connectivity index (χ3n) is 4.78. The van der Waals surface area contributed by atoms with Crippen LogP contribution in [0.5, 0.6) is 5.75 Å². The van der Waals surface area contributed by atoms with E-state index in [0.717, 1.165) is 5.56 Å². The summed E-state index contributed by atoms with van der Waals surface area (Å²) in [6, 6.07) is 12.9. The van der Waals surface area contributed by atoms with E-state index in [4.69, 9.17) is 11.2 Å². The summed E-state index contributed by atoms with van der Waals surface area (Å²) in [5, 5.41) is 11.1. The molecular formula is C23H29NO4S. The van der Waals surface area contributed by atoms with Gasteiger partial charge in [0.2, 0.25) is 10.0 Å². The number of ether oxygens (including phenoxy) is 1. The molecule has 0 radical (unpaired) electrons. The monoisotopic (exact) mass is 415 g/mol. The van der Waals surface area contributed by atoms with Gasteiger partial charge in [0.05, 0.1) is 30.7 Å². The molecule has 156 valence electrons. The molecule has 2 atom stereocenters. The second-order valence-corrected chi connectivity index (χ2v) is 9.37. The van der Waals surface area contributed by atoms with Gasteiger partial charge in [-0.05, 0) is 49.1 Å². The fourth-order valence-electron chi connectivity index (χ4n) is 3.23. The maximum absolute atomic E-state index is 13.4. The maximum atomic E-state index is 13.4. The highest BCUT2D eigenvalue weighted by Crippen LogP contribution is 2.31. The van der Waals surface area contributed by atoms with Crippen molar-refractivity contribution in [3.63, 3.8) is 0 Å². The molecule has 0 unspecified atom stereocenters. The number of hydrogen-bond acceptors (Lipinski definition) is 4. The average molecular weight is 416 g/mol. The first-order valence-electron chi connectivity index (χ1n) is 9.54. The van der Waals surface area contributed by atoms with Gasteiger partial charge in [0.25, 0.3) is 0 Å². The number of sulfonamides is 1. The van der Waals surface area contributed by atoms with Crippen molar-refractivity contribution in [3.05, 3.63) is 59.7 Å². The van der Waals surface area contributed by atoms with Crippen molar-refractivity contribution >= 4 is 10.0 Å². The van der Waals surface area contributed by atoms with Crippen LogP contribution in [0.4, 0.5) is 0 Å². The van der Waals surface area contributed by atoms with Crippen LogP contribution in [0.3, 0.4) is 0 Å². The summed E-state index contributed by atoms with van der Waals surface area (Å²) in [6.07, 6.45) is 4.95. The predicted molar refractivity (Wildman–Crippen MR) is 115 cm³/mol. The Labute approximate surface area is 174 Å². The lowest BCUT2D eigenvalue weighted by Gasteiger charge is -2.34. The summed E-state index contributed by atoms with van der Waals surface area (Å²) in [7, 11) is -2.32. The first-order chi connectivity index (χ1) is 13.7. The number of hydrogen-bond donors (Lipinski definition) is 1. The summed E-state index contributed by atoms with van der Waals surface area (Å²) in [4.78, 5) is 0.161. The van der Waals surface area contributed by atoms with Gasteiger partial charge in [0.15, 0.2) is 0 Å². The van der Waals surface area contributed by atoms with E-state index < -0.39 is 22.2 Å². The zero-order valence-corrected chi connectivity index (χ0v) is 18.2. The number of aliphatic hydroxyl groups is 1. The van der Waals surface area contributed by atoms with Gasteiger partial charge in [0, 0.05) is 0 Å². The number of methoxy groups -OCH3 is 1. The van der Waals surface area contributed by atoms with Crippen LogP contribution in [0.1, 0.15) is 37.5 Å². The highest BCUT2D eigenvalue weighted by Gasteiger charge is 2.36. The van der Waals surface area contributed by atoms with E-state index in [2.05, 4.69) is 5.92 Å². The van der Waals surface area contributed by atoms with Crippen LogP contribution in [0.15, 0.2) is 53.4 Å². The third-order valence-corrected chi connectivity index (χ3v) is 6.66. The van der Waals surface area contributed by atoms with E-state index in [0.29, 0.717) is 17.7 Å². The Kier molecular flexibility index (Phi) is 7.86. The van der Waals surface area contributed by atoms with E-state index in [1.165, 1.54) is 4.31 Å². The van der Waals surface area contributed by atoms with Crippen LogP contribution in [0, 0.1) is 25.2 Å². The standard InChI is InChI=1S/C23H29NO4S/c1-6-15-24(29(26,27)21-13-7-18(4)8-14-21)22(16-17(2)3)23(25)19-9-11-20(28-5)12-10-19/h1,7-14,17,22-23,25H,15-16H2,2-5H3/t22-,23+/m0/s1. The van der Waals surface area contributed by atoms with Crippen molar-refractivity contribution in [2.24, 2.45) is 5.92 Å². The smallest absolute Gasteiger partial charge is 0.244 e. The van der Waals surface area contributed by atoms with Gasteiger partial charge in [-0.15, -0.1) is 6.42 Å². The highest BCUT2D eigenvalue weighted by molar-refractivity contribution is 7.89. The molecule has 29 heavy (non-hydrogen) atoms. The summed E-state index contributed by atoms with van der Waals surface area (Å²) in [5.41, 5.74) is 1.57. The van der Waals surface area contributed by atoms with Gasteiger partial charge < -0.3 is 9.84 Å². The summed E-state index contributed by atoms with van der Waals surface area (Å²) >= 11 is 0. The zero-order chi connectivity index (χ0) is 21.6. The number of aryl methyl sites for hydroxylation is 1. The molecule has 2 aromatic rings. The van der Waals surface area contributed by atoms with E-state index >= 15 is 0 Å².